The van der Waals surface area contributed by atoms with E-state index >= 15 is 0 Å². The highest BCUT2D eigenvalue weighted by atomic mass is 15.1. The van der Waals surface area contributed by atoms with Crippen molar-refractivity contribution in [2.75, 3.05) is 13.1 Å². The minimum atomic E-state index is 1.03. The van der Waals surface area contributed by atoms with Crippen LogP contribution in [0, 0.1) is 0 Å². The molecule has 1 aromatic heterocycles. The first-order valence-electron chi connectivity index (χ1n) is 5.89. The topological polar surface area (TPSA) is 16.1 Å². The monoisotopic (exact) mass is 214 g/mol. The SMILES string of the molecule is CCN(CC)Cc1ccc2ncccc2c1. The van der Waals surface area contributed by atoms with E-state index in [4.69, 9.17) is 0 Å². The van der Waals surface area contributed by atoms with E-state index in [0.29, 0.717) is 0 Å². The Balaban J connectivity index is 2.25. The molecule has 0 saturated carbocycles. The van der Waals surface area contributed by atoms with E-state index in [0.717, 1.165) is 25.2 Å². The maximum Gasteiger partial charge on any atom is 0.0702 e. The number of rotatable bonds is 4. The highest BCUT2D eigenvalue weighted by Crippen LogP contribution is 2.14. The van der Waals surface area contributed by atoms with Crippen LogP contribution in [0.15, 0.2) is 36.5 Å². The summed E-state index contributed by atoms with van der Waals surface area (Å²) in [7, 11) is 0. The van der Waals surface area contributed by atoms with Crippen LogP contribution in [0.25, 0.3) is 10.9 Å². The first-order chi connectivity index (χ1) is 7.83. The third-order valence-corrected chi connectivity index (χ3v) is 2.97. The lowest BCUT2D eigenvalue weighted by atomic mass is 10.1. The van der Waals surface area contributed by atoms with Gasteiger partial charge in [0.1, 0.15) is 0 Å². The Hall–Kier alpha value is -1.41. The van der Waals surface area contributed by atoms with E-state index in [1.165, 1.54) is 10.9 Å². The van der Waals surface area contributed by atoms with Crippen LogP contribution in [0.2, 0.25) is 0 Å². The van der Waals surface area contributed by atoms with Gasteiger partial charge in [-0.25, -0.2) is 0 Å². The number of hydrogen-bond donors (Lipinski definition) is 0. The zero-order chi connectivity index (χ0) is 11.4. The normalized spacial score (nSPS) is 11.2. The quantitative estimate of drug-likeness (QED) is 0.777. The predicted octanol–water partition coefficient (Wildman–Crippen LogP) is 3.08. The van der Waals surface area contributed by atoms with E-state index < -0.39 is 0 Å². The van der Waals surface area contributed by atoms with Gasteiger partial charge >= 0.3 is 0 Å². The molecule has 0 aliphatic rings. The fraction of sp³-hybridized carbons (Fsp3) is 0.357. The van der Waals surface area contributed by atoms with Crippen LogP contribution < -0.4 is 0 Å². The molecular formula is C14H18N2. The summed E-state index contributed by atoms with van der Waals surface area (Å²) in [6.07, 6.45) is 1.84. The van der Waals surface area contributed by atoms with Crippen molar-refractivity contribution in [1.82, 2.24) is 9.88 Å². The molecule has 2 aromatic rings. The molecule has 0 spiro atoms. The van der Waals surface area contributed by atoms with Gasteiger partial charge in [0.05, 0.1) is 5.52 Å². The summed E-state index contributed by atoms with van der Waals surface area (Å²) in [5.74, 6) is 0. The summed E-state index contributed by atoms with van der Waals surface area (Å²) in [5.41, 5.74) is 2.44. The van der Waals surface area contributed by atoms with Crippen LogP contribution in [0.3, 0.4) is 0 Å². The molecule has 0 N–H and O–H groups in total. The molecule has 0 radical (unpaired) electrons. The number of aromatic nitrogens is 1. The summed E-state index contributed by atoms with van der Waals surface area (Å²) >= 11 is 0. The average Bonchev–Trinajstić information content (AvgIpc) is 2.35. The van der Waals surface area contributed by atoms with E-state index in [-0.39, 0.29) is 0 Å². The fourth-order valence-electron chi connectivity index (χ4n) is 1.93. The van der Waals surface area contributed by atoms with Crippen LogP contribution in [0.5, 0.6) is 0 Å². The van der Waals surface area contributed by atoms with Gasteiger partial charge in [-0.05, 0) is 36.9 Å². The van der Waals surface area contributed by atoms with Gasteiger partial charge in [-0.1, -0.05) is 26.0 Å². The van der Waals surface area contributed by atoms with Crippen LogP contribution in [-0.2, 0) is 6.54 Å². The Kier molecular flexibility index (Phi) is 3.52. The lowest BCUT2D eigenvalue weighted by molar-refractivity contribution is 0.296. The first-order valence-corrected chi connectivity index (χ1v) is 5.89. The van der Waals surface area contributed by atoms with Crippen LogP contribution in [-0.4, -0.2) is 23.0 Å². The summed E-state index contributed by atoms with van der Waals surface area (Å²) in [5, 5.41) is 1.23. The molecule has 0 saturated heterocycles. The smallest absolute Gasteiger partial charge is 0.0702 e. The summed E-state index contributed by atoms with van der Waals surface area (Å²) < 4.78 is 0. The molecule has 1 aromatic carbocycles. The van der Waals surface area contributed by atoms with Gasteiger partial charge in [-0.2, -0.15) is 0 Å². The lowest BCUT2D eigenvalue weighted by Gasteiger charge is -2.18. The summed E-state index contributed by atoms with van der Waals surface area (Å²) in [6.45, 7) is 7.62. The molecule has 1 heterocycles. The predicted molar refractivity (Wildman–Crippen MR) is 68.4 cm³/mol. The van der Waals surface area contributed by atoms with Crippen molar-refractivity contribution in [3.05, 3.63) is 42.1 Å². The fourth-order valence-corrected chi connectivity index (χ4v) is 1.93. The van der Waals surface area contributed by atoms with E-state index in [1.807, 2.05) is 12.3 Å². The van der Waals surface area contributed by atoms with Gasteiger partial charge < -0.3 is 0 Å². The summed E-state index contributed by atoms with van der Waals surface area (Å²) in [4.78, 5) is 6.74. The number of fused-ring (bicyclic) bond motifs is 1. The van der Waals surface area contributed by atoms with Crippen LogP contribution in [0.4, 0.5) is 0 Å². The molecule has 0 aliphatic carbocycles. The molecular weight excluding hydrogens is 196 g/mol. The minimum Gasteiger partial charge on any atom is -0.300 e. The third kappa shape index (κ3) is 2.39. The van der Waals surface area contributed by atoms with Gasteiger partial charge in [0.2, 0.25) is 0 Å². The number of nitrogens with zero attached hydrogens (tertiary/aromatic N) is 2. The third-order valence-electron chi connectivity index (χ3n) is 2.97. The minimum absolute atomic E-state index is 1.03. The highest BCUT2D eigenvalue weighted by molar-refractivity contribution is 5.78. The van der Waals surface area contributed by atoms with Gasteiger partial charge in [-0.15, -0.1) is 0 Å². The van der Waals surface area contributed by atoms with Crippen molar-refractivity contribution in [2.45, 2.75) is 20.4 Å². The van der Waals surface area contributed by atoms with Gasteiger partial charge in [-0.3, -0.25) is 9.88 Å². The maximum atomic E-state index is 4.33. The van der Waals surface area contributed by atoms with Crippen molar-refractivity contribution in [2.24, 2.45) is 0 Å². The second kappa shape index (κ2) is 5.08. The largest absolute Gasteiger partial charge is 0.300 e. The van der Waals surface area contributed by atoms with E-state index in [2.05, 4.69) is 48.0 Å². The lowest BCUT2D eigenvalue weighted by Crippen LogP contribution is -2.21. The zero-order valence-corrected chi connectivity index (χ0v) is 9.98. The molecule has 2 heteroatoms. The van der Waals surface area contributed by atoms with Crippen molar-refractivity contribution in [3.8, 4) is 0 Å². The first kappa shape index (κ1) is 11.1. The number of pyridine rings is 1. The number of hydrogen-bond acceptors (Lipinski definition) is 2. The van der Waals surface area contributed by atoms with E-state index in [9.17, 15) is 0 Å². The molecule has 0 unspecified atom stereocenters. The number of benzene rings is 1. The summed E-state index contributed by atoms with van der Waals surface area (Å²) in [6, 6.07) is 10.6. The molecule has 2 rings (SSSR count). The van der Waals surface area contributed by atoms with Gasteiger partial charge in [0.15, 0.2) is 0 Å². The average molecular weight is 214 g/mol. The molecule has 0 bridgehead atoms. The second-order valence-electron chi connectivity index (χ2n) is 3.99. The molecule has 2 nitrogen and oxygen atoms in total. The Morgan fingerprint density at radius 3 is 2.69 bits per heavy atom. The molecule has 0 atom stereocenters. The Bertz CT molecular complexity index is 461. The standard InChI is InChI=1S/C14H18N2/c1-3-16(4-2)11-12-7-8-14-13(10-12)6-5-9-15-14/h5-10H,3-4,11H2,1-2H3. The van der Waals surface area contributed by atoms with Crippen molar-refractivity contribution < 1.29 is 0 Å². The highest BCUT2D eigenvalue weighted by Gasteiger charge is 2.02. The van der Waals surface area contributed by atoms with Crippen molar-refractivity contribution >= 4 is 10.9 Å². The van der Waals surface area contributed by atoms with Crippen LogP contribution in [0.1, 0.15) is 19.4 Å². The molecule has 0 fully saturated rings. The molecule has 84 valence electrons. The van der Waals surface area contributed by atoms with Crippen molar-refractivity contribution in [3.63, 3.8) is 0 Å². The second-order valence-corrected chi connectivity index (χ2v) is 3.99. The van der Waals surface area contributed by atoms with Gasteiger partial charge in [0, 0.05) is 18.1 Å². The Morgan fingerprint density at radius 2 is 1.94 bits per heavy atom. The molecule has 16 heavy (non-hydrogen) atoms. The maximum absolute atomic E-state index is 4.33. The zero-order valence-electron chi connectivity index (χ0n) is 9.98. The van der Waals surface area contributed by atoms with Crippen molar-refractivity contribution in [1.29, 1.82) is 0 Å². The Morgan fingerprint density at radius 1 is 1.12 bits per heavy atom. The molecule has 0 aliphatic heterocycles. The van der Waals surface area contributed by atoms with Crippen LogP contribution >= 0.6 is 0 Å². The Labute approximate surface area is 96.9 Å². The molecule has 0 amide bonds. The van der Waals surface area contributed by atoms with Gasteiger partial charge in [0.25, 0.3) is 0 Å². The van der Waals surface area contributed by atoms with E-state index in [1.54, 1.807) is 0 Å².